The molecule has 32 valence electrons. The number of hydrogen-bond donors (Lipinski definition) is 1. The molecule has 0 saturated carbocycles. The average molecular weight is 265 g/mol. The summed E-state index contributed by atoms with van der Waals surface area (Å²) in [5.41, 5.74) is 0. The molecule has 5 heavy (non-hydrogen) atoms. The standard InChI is InChI=1S/H2O3S.W/c1-4(2)3;/h(H2,1,2,3);/p-1. The van der Waals surface area contributed by atoms with Crippen LogP contribution < -0.4 is 0 Å². The van der Waals surface area contributed by atoms with Gasteiger partial charge in [0.1, 0.15) is 0 Å². The van der Waals surface area contributed by atoms with E-state index in [0.717, 1.165) is 0 Å². The summed E-state index contributed by atoms with van der Waals surface area (Å²) in [6.45, 7) is 0. The fourth-order valence-corrected chi connectivity index (χ4v) is 0. The van der Waals surface area contributed by atoms with Gasteiger partial charge in [0.25, 0.3) is 0 Å². The summed E-state index contributed by atoms with van der Waals surface area (Å²) < 4.78 is 24.1. The van der Waals surface area contributed by atoms with Crippen molar-refractivity contribution in [3.8, 4) is 0 Å². The van der Waals surface area contributed by atoms with Crippen LogP contribution in [-0.4, -0.2) is 13.3 Å². The van der Waals surface area contributed by atoms with Gasteiger partial charge in [0.05, 0.1) is 11.4 Å². The Hall–Kier alpha value is 0.758. The molecule has 5 heteroatoms. The van der Waals surface area contributed by atoms with Gasteiger partial charge in [-0.05, 0) is 0 Å². The van der Waals surface area contributed by atoms with Crippen molar-refractivity contribution in [1.29, 1.82) is 0 Å². The maximum Gasteiger partial charge on any atom is 0.0814 e. The average Bonchev–Trinajstić information content (AvgIpc) is 0.811. The third-order valence-corrected chi connectivity index (χ3v) is 0. The van der Waals surface area contributed by atoms with E-state index in [0.29, 0.717) is 0 Å². The maximum atomic E-state index is 8.56. The maximum absolute atomic E-state index is 8.56. The minimum absolute atomic E-state index is 0. The first-order chi connectivity index (χ1) is 1.73. The van der Waals surface area contributed by atoms with Gasteiger partial charge in [-0.15, -0.1) is 0 Å². The van der Waals surface area contributed by atoms with Gasteiger partial charge in [-0.1, -0.05) is 0 Å². The molecule has 0 rings (SSSR count). The van der Waals surface area contributed by atoms with E-state index in [4.69, 9.17) is 13.3 Å². The summed E-state index contributed by atoms with van der Waals surface area (Å²) in [5.74, 6) is 0. The third kappa shape index (κ3) is 63.0. The van der Waals surface area contributed by atoms with Crippen molar-refractivity contribution in [1.82, 2.24) is 0 Å². The SMILES string of the molecule is O=S([O-])O.[W]. The quantitative estimate of drug-likeness (QED) is 0.591. The smallest absolute Gasteiger partial charge is 0.0814 e. The van der Waals surface area contributed by atoms with Crippen molar-refractivity contribution in [2.45, 2.75) is 0 Å². The Morgan fingerprint density at radius 2 is 1.80 bits per heavy atom. The largest absolute Gasteiger partial charge is 0.750 e. The second-order valence-corrected chi connectivity index (χ2v) is 0.651. The van der Waals surface area contributed by atoms with Gasteiger partial charge in [-0.3, -0.25) is 0 Å². The molecule has 1 N–H and O–H groups in total. The molecule has 0 spiro atoms. The fourth-order valence-electron chi connectivity index (χ4n) is 0. The van der Waals surface area contributed by atoms with E-state index < -0.39 is 11.4 Å². The van der Waals surface area contributed by atoms with Crippen LogP contribution in [0.15, 0.2) is 0 Å². The first-order valence-electron chi connectivity index (χ1n) is 0.516. The van der Waals surface area contributed by atoms with E-state index in [9.17, 15) is 0 Å². The second kappa shape index (κ2) is 4.76. The van der Waals surface area contributed by atoms with Crippen LogP contribution in [0.2, 0.25) is 0 Å². The van der Waals surface area contributed by atoms with Crippen LogP contribution in [-0.2, 0) is 32.4 Å². The van der Waals surface area contributed by atoms with Crippen molar-refractivity contribution >= 4 is 11.4 Å². The Kier molecular flexibility index (Phi) is 8.78. The molecule has 0 aliphatic heterocycles. The van der Waals surface area contributed by atoms with Crippen molar-refractivity contribution in [2.75, 3.05) is 0 Å². The molecular formula is HO3SW-. The molecular weight excluding hydrogens is 264 g/mol. The van der Waals surface area contributed by atoms with Gasteiger partial charge in [0.2, 0.25) is 0 Å². The molecule has 0 aromatic carbocycles. The predicted molar refractivity (Wildman–Crippen MR) is 11.5 cm³/mol. The van der Waals surface area contributed by atoms with Crippen LogP contribution in [0.1, 0.15) is 0 Å². The predicted octanol–water partition coefficient (Wildman–Crippen LogP) is -0.664. The molecule has 0 saturated heterocycles. The molecule has 1 atom stereocenters. The van der Waals surface area contributed by atoms with Crippen molar-refractivity contribution in [3.63, 3.8) is 0 Å². The van der Waals surface area contributed by atoms with Gasteiger partial charge < -0.3 is 9.11 Å². The van der Waals surface area contributed by atoms with E-state index in [1.54, 1.807) is 0 Å². The molecule has 0 aliphatic carbocycles. The van der Waals surface area contributed by atoms with Gasteiger partial charge in [-0.2, -0.15) is 0 Å². The molecule has 0 bridgehead atoms. The van der Waals surface area contributed by atoms with Gasteiger partial charge in [-0.25, -0.2) is 4.21 Å². The molecule has 3 nitrogen and oxygen atoms in total. The molecule has 0 aromatic rings. The van der Waals surface area contributed by atoms with E-state index in [2.05, 4.69) is 0 Å². The minimum atomic E-state index is -2.86. The van der Waals surface area contributed by atoms with E-state index >= 15 is 0 Å². The summed E-state index contributed by atoms with van der Waals surface area (Å²) in [6.07, 6.45) is 0. The topological polar surface area (TPSA) is 60.4 Å². The monoisotopic (exact) mass is 265 g/mol. The molecule has 0 aliphatic rings. The summed E-state index contributed by atoms with van der Waals surface area (Å²) in [4.78, 5) is 0. The molecule has 0 fully saturated rings. The van der Waals surface area contributed by atoms with Crippen LogP contribution in [0.4, 0.5) is 0 Å². The number of rotatable bonds is 0. The van der Waals surface area contributed by atoms with Crippen molar-refractivity contribution in [3.05, 3.63) is 0 Å². The van der Waals surface area contributed by atoms with Gasteiger partial charge >= 0.3 is 0 Å². The first kappa shape index (κ1) is 9.23. The third-order valence-electron chi connectivity index (χ3n) is 0. The minimum Gasteiger partial charge on any atom is -0.750 e. The van der Waals surface area contributed by atoms with Crippen LogP contribution >= 0.6 is 0 Å². The Bertz CT molecular complexity index is 29.9. The van der Waals surface area contributed by atoms with Crippen LogP contribution in [0.25, 0.3) is 0 Å². The zero-order valence-corrected chi connectivity index (χ0v) is 5.83. The van der Waals surface area contributed by atoms with Gasteiger partial charge in [0.15, 0.2) is 0 Å². The Labute approximate surface area is 46.1 Å². The van der Waals surface area contributed by atoms with E-state index in [1.165, 1.54) is 0 Å². The number of hydrogen-bond acceptors (Lipinski definition) is 2. The normalized spacial score (nSPS) is 12.4. The first-order valence-corrected chi connectivity index (χ1v) is 1.55. The van der Waals surface area contributed by atoms with Crippen molar-refractivity contribution < 1.29 is 34.4 Å². The summed E-state index contributed by atoms with van der Waals surface area (Å²) >= 11 is -2.86. The van der Waals surface area contributed by atoms with Crippen LogP contribution in [0.3, 0.4) is 0 Å². The summed E-state index contributed by atoms with van der Waals surface area (Å²) in [7, 11) is 0. The summed E-state index contributed by atoms with van der Waals surface area (Å²) in [6, 6.07) is 0. The van der Waals surface area contributed by atoms with Crippen molar-refractivity contribution in [2.24, 2.45) is 0 Å². The van der Waals surface area contributed by atoms with Gasteiger partial charge in [0, 0.05) is 21.1 Å². The van der Waals surface area contributed by atoms with E-state index in [-0.39, 0.29) is 21.1 Å². The Morgan fingerprint density at radius 1 is 1.80 bits per heavy atom. The molecule has 0 heterocycles. The Balaban J connectivity index is 0. The van der Waals surface area contributed by atoms with Crippen LogP contribution in [0, 0.1) is 0 Å². The zero-order chi connectivity index (χ0) is 3.58. The molecule has 1 unspecified atom stereocenters. The van der Waals surface area contributed by atoms with Crippen LogP contribution in [0.5, 0.6) is 0 Å². The zero-order valence-electron chi connectivity index (χ0n) is 2.08. The fraction of sp³-hybridized carbons (Fsp3) is 0. The Morgan fingerprint density at radius 3 is 1.80 bits per heavy atom. The molecule has 0 radical (unpaired) electrons. The second-order valence-electron chi connectivity index (χ2n) is 0.217. The summed E-state index contributed by atoms with van der Waals surface area (Å²) in [5, 5.41) is 0. The molecule has 0 aromatic heterocycles. The van der Waals surface area contributed by atoms with E-state index in [1.807, 2.05) is 0 Å². The molecule has 0 amide bonds.